The first-order chi connectivity index (χ1) is 7.24. The number of anilines is 1. The summed E-state index contributed by atoms with van der Waals surface area (Å²) in [5, 5.41) is 0.839. The predicted octanol–water partition coefficient (Wildman–Crippen LogP) is 1.64. The fraction of sp³-hybridized carbons (Fsp3) is 0.0909. The van der Waals surface area contributed by atoms with Crippen LogP contribution in [-0.4, -0.2) is 18.4 Å². The monoisotopic (exact) mass is 202 g/mol. The van der Waals surface area contributed by atoms with Gasteiger partial charge in [-0.1, -0.05) is 0 Å². The van der Waals surface area contributed by atoms with Gasteiger partial charge in [0, 0.05) is 5.39 Å². The number of nitrogens with two attached hydrogens (primary N) is 1. The van der Waals surface area contributed by atoms with Gasteiger partial charge >= 0.3 is 0 Å². The minimum Gasteiger partial charge on any atom is -0.497 e. The Morgan fingerprint density at radius 3 is 2.87 bits per heavy atom. The van der Waals surface area contributed by atoms with Crippen molar-refractivity contribution in [2.75, 3.05) is 12.8 Å². The second kappa shape index (κ2) is 3.57. The molecule has 4 nitrogen and oxygen atoms in total. The van der Waals surface area contributed by atoms with Crippen LogP contribution in [0.1, 0.15) is 10.4 Å². The summed E-state index contributed by atoms with van der Waals surface area (Å²) in [4.78, 5) is 14.8. The average Bonchev–Trinajstić information content (AvgIpc) is 2.27. The van der Waals surface area contributed by atoms with Crippen molar-refractivity contribution in [3.8, 4) is 5.75 Å². The minimum atomic E-state index is 0.252. The van der Waals surface area contributed by atoms with E-state index >= 15 is 0 Å². The number of methoxy groups -OCH3 is 1. The van der Waals surface area contributed by atoms with Crippen LogP contribution in [0.5, 0.6) is 5.75 Å². The molecule has 0 amide bonds. The highest BCUT2D eigenvalue weighted by molar-refractivity contribution is 5.91. The Labute approximate surface area is 86.7 Å². The summed E-state index contributed by atoms with van der Waals surface area (Å²) in [5.74, 6) is 0.980. The van der Waals surface area contributed by atoms with Crippen molar-refractivity contribution < 1.29 is 9.53 Å². The molecule has 0 unspecified atom stereocenters. The third kappa shape index (κ3) is 1.61. The number of benzene rings is 1. The third-order valence-electron chi connectivity index (χ3n) is 2.21. The number of rotatable bonds is 2. The number of aromatic nitrogens is 1. The third-order valence-corrected chi connectivity index (χ3v) is 2.21. The first-order valence-corrected chi connectivity index (χ1v) is 4.44. The minimum absolute atomic E-state index is 0.252. The maximum Gasteiger partial charge on any atom is 0.153 e. The standard InChI is InChI=1S/C11H10N2O2/c1-15-9-2-3-10-7(5-9)4-8(6-14)11(12)13-10/h2-6H,1H3,(H2,12,13). The van der Waals surface area contributed by atoms with Gasteiger partial charge in [-0.2, -0.15) is 0 Å². The number of nitrogen functional groups attached to an aromatic ring is 1. The van der Waals surface area contributed by atoms with Crippen LogP contribution in [0.4, 0.5) is 5.82 Å². The smallest absolute Gasteiger partial charge is 0.153 e. The lowest BCUT2D eigenvalue weighted by Crippen LogP contribution is -1.97. The lowest BCUT2D eigenvalue weighted by Gasteiger charge is -2.04. The number of hydrogen-bond donors (Lipinski definition) is 1. The van der Waals surface area contributed by atoms with E-state index in [1.807, 2.05) is 6.07 Å². The van der Waals surface area contributed by atoms with Gasteiger partial charge in [-0.25, -0.2) is 4.98 Å². The van der Waals surface area contributed by atoms with E-state index in [1.165, 1.54) is 0 Å². The van der Waals surface area contributed by atoms with Gasteiger partial charge in [-0.05, 0) is 24.3 Å². The normalized spacial score (nSPS) is 10.2. The Morgan fingerprint density at radius 2 is 2.20 bits per heavy atom. The number of carbonyl (C=O) groups is 1. The molecule has 0 bridgehead atoms. The van der Waals surface area contributed by atoms with Crippen LogP contribution < -0.4 is 10.5 Å². The number of nitrogens with zero attached hydrogens (tertiary/aromatic N) is 1. The zero-order chi connectivity index (χ0) is 10.8. The summed E-state index contributed by atoms with van der Waals surface area (Å²) in [7, 11) is 1.59. The van der Waals surface area contributed by atoms with Gasteiger partial charge in [-0.15, -0.1) is 0 Å². The molecule has 15 heavy (non-hydrogen) atoms. The van der Waals surface area contributed by atoms with Crippen LogP contribution in [0.15, 0.2) is 24.3 Å². The molecule has 4 heteroatoms. The Hall–Kier alpha value is -2.10. The topological polar surface area (TPSA) is 65.2 Å². The summed E-state index contributed by atoms with van der Waals surface area (Å²) >= 11 is 0. The molecular formula is C11H10N2O2. The van der Waals surface area contributed by atoms with Gasteiger partial charge in [0.15, 0.2) is 6.29 Å². The van der Waals surface area contributed by atoms with Crippen molar-refractivity contribution in [3.05, 3.63) is 29.8 Å². The highest BCUT2D eigenvalue weighted by atomic mass is 16.5. The molecule has 1 aromatic heterocycles. The van der Waals surface area contributed by atoms with Crippen molar-refractivity contribution in [2.24, 2.45) is 0 Å². The van der Waals surface area contributed by atoms with Crippen LogP contribution in [0.3, 0.4) is 0 Å². The molecule has 0 aliphatic carbocycles. The number of ether oxygens (including phenoxy) is 1. The van der Waals surface area contributed by atoms with E-state index in [1.54, 1.807) is 25.3 Å². The summed E-state index contributed by atoms with van der Waals surface area (Å²) in [6.07, 6.45) is 0.696. The number of fused-ring (bicyclic) bond motifs is 1. The SMILES string of the molecule is COc1ccc2nc(N)c(C=O)cc2c1. The molecule has 0 aliphatic rings. The first kappa shape index (κ1) is 9.45. The van der Waals surface area contributed by atoms with Crippen LogP contribution in [-0.2, 0) is 0 Å². The number of pyridine rings is 1. The molecule has 1 aromatic carbocycles. The quantitative estimate of drug-likeness (QED) is 0.752. The fourth-order valence-electron chi connectivity index (χ4n) is 1.41. The lowest BCUT2D eigenvalue weighted by atomic mass is 10.1. The van der Waals surface area contributed by atoms with Gasteiger partial charge in [-0.3, -0.25) is 4.79 Å². The molecule has 0 fully saturated rings. The summed E-state index contributed by atoms with van der Waals surface area (Å²) in [5.41, 5.74) is 6.74. The van der Waals surface area contributed by atoms with E-state index in [0.717, 1.165) is 16.7 Å². The molecule has 0 atom stereocenters. The van der Waals surface area contributed by atoms with Crippen LogP contribution in [0, 0.1) is 0 Å². The van der Waals surface area contributed by atoms with Gasteiger partial charge in [0.1, 0.15) is 11.6 Å². The fourth-order valence-corrected chi connectivity index (χ4v) is 1.41. The number of hydrogen-bond acceptors (Lipinski definition) is 4. The number of carbonyl (C=O) groups excluding carboxylic acids is 1. The maximum atomic E-state index is 10.7. The largest absolute Gasteiger partial charge is 0.497 e. The predicted molar refractivity (Wildman–Crippen MR) is 58.1 cm³/mol. The second-order valence-electron chi connectivity index (χ2n) is 3.14. The summed E-state index contributed by atoms with van der Waals surface area (Å²) < 4.78 is 5.08. The summed E-state index contributed by atoms with van der Waals surface area (Å²) in [6, 6.07) is 7.12. The molecule has 0 spiro atoms. The molecular weight excluding hydrogens is 192 g/mol. The zero-order valence-corrected chi connectivity index (χ0v) is 8.23. The van der Waals surface area contributed by atoms with E-state index in [4.69, 9.17) is 10.5 Å². The molecule has 0 aliphatic heterocycles. The average molecular weight is 202 g/mol. The van der Waals surface area contributed by atoms with Crippen molar-refractivity contribution in [1.82, 2.24) is 4.98 Å². The van der Waals surface area contributed by atoms with Crippen molar-refractivity contribution in [1.29, 1.82) is 0 Å². The van der Waals surface area contributed by atoms with E-state index in [2.05, 4.69) is 4.98 Å². The van der Waals surface area contributed by atoms with E-state index in [9.17, 15) is 4.79 Å². The van der Waals surface area contributed by atoms with Gasteiger partial charge in [0.25, 0.3) is 0 Å². The molecule has 2 rings (SSSR count). The molecule has 0 saturated carbocycles. The molecule has 2 N–H and O–H groups in total. The first-order valence-electron chi connectivity index (χ1n) is 4.44. The van der Waals surface area contributed by atoms with Crippen molar-refractivity contribution in [2.45, 2.75) is 0 Å². The lowest BCUT2D eigenvalue weighted by molar-refractivity contribution is 0.112. The van der Waals surface area contributed by atoms with Gasteiger partial charge in [0.05, 0.1) is 18.2 Å². The Balaban J connectivity index is 2.71. The van der Waals surface area contributed by atoms with Gasteiger partial charge in [0.2, 0.25) is 0 Å². The maximum absolute atomic E-state index is 10.7. The van der Waals surface area contributed by atoms with E-state index in [-0.39, 0.29) is 5.82 Å². The Kier molecular flexibility index (Phi) is 2.25. The highest BCUT2D eigenvalue weighted by Gasteiger charge is 2.03. The Bertz CT molecular complexity index is 523. The number of aldehydes is 1. The van der Waals surface area contributed by atoms with Crippen molar-refractivity contribution in [3.63, 3.8) is 0 Å². The molecule has 0 radical (unpaired) electrons. The zero-order valence-electron chi connectivity index (χ0n) is 8.23. The molecule has 0 saturated heterocycles. The second-order valence-corrected chi connectivity index (χ2v) is 3.14. The Morgan fingerprint density at radius 1 is 1.40 bits per heavy atom. The van der Waals surface area contributed by atoms with Crippen LogP contribution in [0.25, 0.3) is 10.9 Å². The molecule has 2 aromatic rings. The molecule has 76 valence electrons. The van der Waals surface area contributed by atoms with E-state index < -0.39 is 0 Å². The molecule has 1 heterocycles. The van der Waals surface area contributed by atoms with E-state index in [0.29, 0.717) is 11.8 Å². The van der Waals surface area contributed by atoms with Gasteiger partial charge < -0.3 is 10.5 Å². The summed E-state index contributed by atoms with van der Waals surface area (Å²) in [6.45, 7) is 0. The van der Waals surface area contributed by atoms with Crippen molar-refractivity contribution >= 4 is 23.0 Å². The van der Waals surface area contributed by atoms with Crippen LogP contribution >= 0.6 is 0 Å². The highest BCUT2D eigenvalue weighted by Crippen LogP contribution is 2.22. The van der Waals surface area contributed by atoms with Crippen LogP contribution in [0.2, 0.25) is 0 Å².